The molecule has 2 nitrogen and oxygen atoms in total. The van der Waals surface area contributed by atoms with Gasteiger partial charge in [0.15, 0.2) is 0 Å². The molecule has 0 aromatic carbocycles. The number of aromatic nitrogens is 2. The highest BCUT2D eigenvalue weighted by Crippen LogP contribution is 2.19. The number of halogens is 1. The van der Waals surface area contributed by atoms with Gasteiger partial charge < -0.3 is 0 Å². The zero-order chi connectivity index (χ0) is 11.5. The highest BCUT2D eigenvalue weighted by Gasteiger charge is 2.02. The fourth-order valence-electron chi connectivity index (χ4n) is 1.46. The van der Waals surface area contributed by atoms with E-state index in [1.165, 1.54) is 12.3 Å². The molecule has 0 fully saturated rings. The van der Waals surface area contributed by atoms with Gasteiger partial charge in [-0.15, -0.1) is 0 Å². The fraction of sp³-hybridized carbons (Fsp3) is 0.231. The topological polar surface area (TPSA) is 25.8 Å². The molecular weight excluding hydrogens is 203 g/mol. The molecule has 0 saturated carbocycles. The van der Waals surface area contributed by atoms with Crippen LogP contribution < -0.4 is 0 Å². The molecule has 3 heteroatoms. The van der Waals surface area contributed by atoms with Gasteiger partial charge in [-0.05, 0) is 24.1 Å². The van der Waals surface area contributed by atoms with Crippen molar-refractivity contribution in [1.82, 2.24) is 9.97 Å². The van der Waals surface area contributed by atoms with Crippen LogP contribution in [0, 0.1) is 5.95 Å². The van der Waals surface area contributed by atoms with Crippen LogP contribution in [0.1, 0.15) is 25.5 Å². The van der Waals surface area contributed by atoms with Gasteiger partial charge in [0.05, 0.1) is 0 Å². The molecule has 2 aromatic rings. The first-order valence-electron chi connectivity index (χ1n) is 5.24. The van der Waals surface area contributed by atoms with Crippen LogP contribution in [0.4, 0.5) is 4.39 Å². The van der Waals surface area contributed by atoms with Crippen molar-refractivity contribution in [2.24, 2.45) is 0 Å². The lowest BCUT2D eigenvalue weighted by atomic mass is 10.1. The van der Waals surface area contributed by atoms with Gasteiger partial charge in [0.2, 0.25) is 5.95 Å². The zero-order valence-electron chi connectivity index (χ0n) is 9.31. The predicted octanol–water partition coefficient (Wildman–Crippen LogP) is 3.41. The minimum atomic E-state index is -0.462. The number of nitrogens with zero attached hydrogens (tertiary/aromatic N) is 2. The largest absolute Gasteiger partial charge is 0.260 e. The summed E-state index contributed by atoms with van der Waals surface area (Å²) in [5.41, 5.74) is 2.89. The van der Waals surface area contributed by atoms with E-state index in [4.69, 9.17) is 0 Å². The molecule has 0 N–H and O–H groups in total. The van der Waals surface area contributed by atoms with E-state index in [0.717, 1.165) is 16.8 Å². The lowest BCUT2D eigenvalue weighted by Crippen LogP contribution is -1.92. The maximum atomic E-state index is 12.6. The van der Waals surface area contributed by atoms with Crippen LogP contribution in [0.25, 0.3) is 11.1 Å². The number of hydrogen-bond donors (Lipinski definition) is 0. The van der Waals surface area contributed by atoms with Crippen molar-refractivity contribution < 1.29 is 4.39 Å². The van der Waals surface area contributed by atoms with Gasteiger partial charge in [0.25, 0.3) is 0 Å². The smallest absolute Gasteiger partial charge is 0.212 e. The quantitative estimate of drug-likeness (QED) is 0.719. The van der Waals surface area contributed by atoms with Gasteiger partial charge in [-0.2, -0.15) is 4.39 Å². The normalized spacial score (nSPS) is 10.8. The third-order valence-corrected chi connectivity index (χ3v) is 2.44. The third-order valence-electron chi connectivity index (χ3n) is 2.44. The zero-order valence-corrected chi connectivity index (χ0v) is 9.31. The van der Waals surface area contributed by atoms with E-state index < -0.39 is 5.95 Å². The maximum Gasteiger partial charge on any atom is 0.212 e. The van der Waals surface area contributed by atoms with Crippen molar-refractivity contribution in [2.75, 3.05) is 0 Å². The van der Waals surface area contributed by atoms with Crippen LogP contribution in [-0.4, -0.2) is 9.97 Å². The summed E-state index contributed by atoms with van der Waals surface area (Å²) in [6.45, 7) is 4.20. The summed E-state index contributed by atoms with van der Waals surface area (Å²) in [6, 6.07) is 7.03. The van der Waals surface area contributed by atoms with Crippen molar-refractivity contribution in [3.05, 3.63) is 48.3 Å². The molecule has 0 amide bonds. The number of hydrogen-bond acceptors (Lipinski definition) is 2. The van der Waals surface area contributed by atoms with Crippen molar-refractivity contribution in [2.45, 2.75) is 19.8 Å². The Bertz CT molecular complexity index is 460. The second kappa shape index (κ2) is 4.39. The van der Waals surface area contributed by atoms with E-state index >= 15 is 0 Å². The van der Waals surface area contributed by atoms with Gasteiger partial charge in [0, 0.05) is 29.2 Å². The molecule has 0 spiro atoms. The molecule has 2 rings (SSSR count). The Morgan fingerprint density at radius 1 is 0.938 bits per heavy atom. The van der Waals surface area contributed by atoms with Crippen LogP contribution in [-0.2, 0) is 0 Å². The summed E-state index contributed by atoms with van der Waals surface area (Å²) in [7, 11) is 0. The molecule has 2 aromatic heterocycles. The van der Waals surface area contributed by atoms with Crippen molar-refractivity contribution in [3.8, 4) is 11.1 Å². The van der Waals surface area contributed by atoms with E-state index in [1.807, 2.05) is 12.1 Å². The van der Waals surface area contributed by atoms with Crippen LogP contribution in [0.15, 0.2) is 36.7 Å². The third kappa shape index (κ3) is 2.24. The predicted molar refractivity (Wildman–Crippen MR) is 61.5 cm³/mol. The first-order chi connectivity index (χ1) is 7.66. The van der Waals surface area contributed by atoms with Crippen LogP contribution in [0.5, 0.6) is 0 Å². The molecule has 16 heavy (non-hydrogen) atoms. The van der Waals surface area contributed by atoms with Gasteiger partial charge in [-0.25, -0.2) is 4.98 Å². The average Bonchev–Trinajstić information content (AvgIpc) is 2.30. The van der Waals surface area contributed by atoms with E-state index in [1.54, 1.807) is 12.3 Å². The molecule has 0 aliphatic carbocycles. The highest BCUT2D eigenvalue weighted by atomic mass is 19.1. The minimum absolute atomic E-state index is 0.417. The summed E-state index contributed by atoms with van der Waals surface area (Å²) >= 11 is 0. The molecule has 0 aliphatic heterocycles. The van der Waals surface area contributed by atoms with Crippen molar-refractivity contribution in [3.63, 3.8) is 0 Å². The van der Waals surface area contributed by atoms with Crippen molar-refractivity contribution >= 4 is 0 Å². The lowest BCUT2D eigenvalue weighted by Gasteiger charge is -2.05. The Morgan fingerprint density at radius 3 is 2.00 bits per heavy atom. The monoisotopic (exact) mass is 216 g/mol. The lowest BCUT2D eigenvalue weighted by molar-refractivity contribution is 0.584. The molecule has 0 atom stereocenters. The number of rotatable bonds is 2. The summed E-state index contributed by atoms with van der Waals surface area (Å²) in [5, 5.41) is 0. The Labute approximate surface area is 94.2 Å². The van der Waals surface area contributed by atoms with E-state index in [9.17, 15) is 4.39 Å². The van der Waals surface area contributed by atoms with E-state index in [-0.39, 0.29) is 0 Å². The Balaban J connectivity index is 2.31. The van der Waals surface area contributed by atoms with Gasteiger partial charge in [0.1, 0.15) is 0 Å². The molecule has 0 saturated heterocycles. The minimum Gasteiger partial charge on any atom is -0.260 e. The summed E-state index contributed by atoms with van der Waals surface area (Å²) in [4.78, 5) is 7.97. The van der Waals surface area contributed by atoms with Crippen molar-refractivity contribution in [1.29, 1.82) is 0 Å². The molecule has 0 aliphatic rings. The molecule has 0 bridgehead atoms. The average molecular weight is 216 g/mol. The Hall–Kier alpha value is -1.77. The first kappa shape index (κ1) is 10.7. The van der Waals surface area contributed by atoms with Crippen LogP contribution in [0.2, 0.25) is 0 Å². The van der Waals surface area contributed by atoms with Gasteiger partial charge in [-0.3, -0.25) is 4.98 Å². The van der Waals surface area contributed by atoms with E-state index in [2.05, 4.69) is 23.8 Å². The maximum absolute atomic E-state index is 12.6. The standard InChI is InChI=1S/C13H13FN2/c1-9(2)12-5-3-10(7-15-12)11-4-6-13(14)16-8-11/h3-9H,1-2H3. The second-order valence-electron chi connectivity index (χ2n) is 4.00. The Kier molecular flexibility index (Phi) is 2.95. The molecule has 82 valence electrons. The number of pyridine rings is 2. The fourth-order valence-corrected chi connectivity index (χ4v) is 1.46. The van der Waals surface area contributed by atoms with Crippen LogP contribution >= 0.6 is 0 Å². The van der Waals surface area contributed by atoms with Crippen LogP contribution in [0.3, 0.4) is 0 Å². The molecular formula is C13H13FN2. The summed E-state index contributed by atoms with van der Waals surface area (Å²) in [6.07, 6.45) is 3.31. The van der Waals surface area contributed by atoms with E-state index in [0.29, 0.717) is 5.92 Å². The molecule has 0 unspecified atom stereocenters. The summed E-state index contributed by atoms with van der Waals surface area (Å²) in [5.74, 6) is -0.0455. The SMILES string of the molecule is CC(C)c1ccc(-c2ccc(F)nc2)cn1. The molecule has 0 radical (unpaired) electrons. The second-order valence-corrected chi connectivity index (χ2v) is 4.00. The highest BCUT2D eigenvalue weighted by molar-refractivity contribution is 5.61. The van der Waals surface area contributed by atoms with Gasteiger partial charge >= 0.3 is 0 Å². The Morgan fingerprint density at radius 2 is 1.56 bits per heavy atom. The first-order valence-corrected chi connectivity index (χ1v) is 5.24. The van der Waals surface area contributed by atoms with Gasteiger partial charge in [-0.1, -0.05) is 19.9 Å². The summed E-state index contributed by atoms with van der Waals surface area (Å²) < 4.78 is 12.6. The molecule has 2 heterocycles.